The van der Waals surface area contributed by atoms with Crippen molar-refractivity contribution in [2.24, 2.45) is 5.16 Å². The lowest BCUT2D eigenvalue weighted by Crippen LogP contribution is -2.14. The van der Waals surface area contributed by atoms with Gasteiger partial charge in [0.15, 0.2) is 0 Å². The molecule has 0 saturated carbocycles. The van der Waals surface area contributed by atoms with E-state index in [2.05, 4.69) is 15.4 Å². The fraction of sp³-hybridized carbons (Fsp3) is 0.231. The first kappa shape index (κ1) is 23.0. The summed E-state index contributed by atoms with van der Waals surface area (Å²) in [4.78, 5) is 15.0. The molecule has 166 valence electrons. The SMILES string of the molecule is COc1ccc(C(=O)Nc2ccc(-c3ccc(/C=N\O)cc3)cc2)cc1CCCN(C)C. The van der Waals surface area contributed by atoms with Crippen LogP contribution >= 0.6 is 0 Å². The van der Waals surface area contributed by atoms with Crippen LogP contribution in [0.25, 0.3) is 11.1 Å². The number of oxime groups is 1. The van der Waals surface area contributed by atoms with Crippen molar-refractivity contribution in [3.8, 4) is 16.9 Å². The first-order chi connectivity index (χ1) is 15.5. The minimum atomic E-state index is -0.151. The van der Waals surface area contributed by atoms with Crippen molar-refractivity contribution in [3.63, 3.8) is 0 Å². The van der Waals surface area contributed by atoms with Crippen molar-refractivity contribution in [2.75, 3.05) is 33.1 Å². The highest BCUT2D eigenvalue weighted by Gasteiger charge is 2.11. The normalized spacial score (nSPS) is 11.1. The molecule has 6 heteroatoms. The zero-order valence-corrected chi connectivity index (χ0v) is 18.7. The van der Waals surface area contributed by atoms with Gasteiger partial charge in [-0.25, -0.2) is 0 Å². The fourth-order valence-electron chi connectivity index (χ4n) is 3.48. The van der Waals surface area contributed by atoms with E-state index < -0.39 is 0 Å². The molecule has 0 heterocycles. The molecule has 32 heavy (non-hydrogen) atoms. The standard InChI is InChI=1S/C26H29N3O3/c1-29(2)16-4-5-22-17-23(12-15-25(22)32-3)26(30)28-24-13-10-21(11-14-24)20-8-6-19(7-9-20)18-27-31/h6-15,17-18,31H,4-5,16H2,1-3H3,(H,28,30)/b27-18-. The van der Waals surface area contributed by atoms with Crippen molar-refractivity contribution < 1.29 is 14.7 Å². The Balaban J connectivity index is 1.68. The van der Waals surface area contributed by atoms with Crippen LogP contribution in [0.2, 0.25) is 0 Å². The van der Waals surface area contributed by atoms with Crippen LogP contribution in [0.15, 0.2) is 71.9 Å². The van der Waals surface area contributed by atoms with E-state index in [1.165, 1.54) is 6.21 Å². The van der Waals surface area contributed by atoms with Gasteiger partial charge in [0.05, 0.1) is 13.3 Å². The van der Waals surface area contributed by atoms with Crippen LogP contribution in [0, 0.1) is 0 Å². The molecule has 3 aromatic carbocycles. The smallest absolute Gasteiger partial charge is 0.255 e. The maximum Gasteiger partial charge on any atom is 0.255 e. The van der Waals surface area contributed by atoms with Gasteiger partial charge in [-0.15, -0.1) is 0 Å². The molecule has 0 aliphatic heterocycles. The van der Waals surface area contributed by atoms with Gasteiger partial charge in [-0.3, -0.25) is 4.79 Å². The van der Waals surface area contributed by atoms with Crippen molar-refractivity contribution in [1.29, 1.82) is 0 Å². The van der Waals surface area contributed by atoms with E-state index in [1.54, 1.807) is 13.2 Å². The summed E-state index contributed by atoms with van der Waals surface area (Å²) in [5.74, 6) is 0.655. The summed E-state index contributed by atoms with van der Waals surface area (Å²) in [5.41, 5.74) is 5.26. The van der Waals surface area contributed by atoms with E-state index in [0.717, 1.165) is 53.1 Å². The number of hydrogen-bond acceptors (Lipinski definition) is 5. The molecule has 3 rings (SSSR count). The minimum absolute atomic E-state index is 0.151. The minimum Gasteiger partial charge on any atom is -0.496 e. The number of aryl methyl sites for hydroxylation is 1. The van der Waals surface area contributed by atoms with Gasteiger partial charge in [0, 0.05) is 11.3 Å². The van der Waals surface area contributed by atoms with Gasteiger partial charge in [0.25, 0.3) is 5.91 Å². The summed E-state index contributed by atoms with van der Waals surface area (Å²) in [5, 5.41) is 14.6. The maximum absolute atomic E-state index is 12.8. The Morgan fingerprint density at radius 3 is 2.28 bits per heavy atom. The highest BCUT2D eigenvalue weighted by molar-refractivity contribution is 6.04. The van der Waals surface area contributed by atoms with Crippen molar-refractivity contribution in [2.45, 2.75) is 12.8 Å². The Morgan fingerprint density at radius 1 is 1.03 bits per heavy atom. The number of amides is 1. The first-order valence-corrected chi connectivity index (χ1v) is 10.5. The van der Waals surface area contributed by atoms with Gasteiger partial charge in [0.1, 0.15) is 5.75 Å². The second kappa shape index (κ2) is 11.1. The maximum atomic E-state index is 12.8. The van der Waals surface area contributed by atoms with Crippen molar-refractivity contribution in [3.05, 3.63) is 83.4 Å². The number of hydrogen-bond donors (Lipinski definition) is 2. The van der Waals surface area contributed by atoms with Crippen LogP contribution in [-0.4, -0.2) is 50.0 Å². The lowest BCUT2D eigenvalue weighted by molar-refractivity contribution is 0.102. The quantitative estimate of drug-likeness (QED) is 0.287. The Morgan fingerprint density at radius 2 is 1.69 bits per heavy atom. The van der Waals surface area contributed by atoms with Gasteiger partial charge in [-0.05, 0) is 86.1 Å². The number of benzene rings is 3. The summed E-state index contributed by atoms with van der Waals surface area (Å²) in [7, 11) is 5.75. The summed E-state index contributed by atoms with van der Waals surface area (Å²) >= 11 is 0. The Labute approximate surface area is 189 Å². The highest BCUT2D eigenvalue weighted by atomic mass is 16.5. The van der Waals surface area contributed by atoms with Gasteiger partial charge in [0.2, 0.25) is 0 Å². The van der Waals surface area contributed by atoms with E-state index in [-0.39, 0.29) is 5.91 Å². The number of rotatable bonds is 9. The van der Waals surface area contributed by atoms with Crippen LogP contribution in [0.3, 0.4) is 0 Å². The number of ether oxygens (including phenoxy) is 1. The zero-order chi connectivity index (χ0) is 22.9. The third-order valence-electron chi connectivity index (χ3n) is 5.19. The molecule has 6 nitrogen and oxygen atoms in total. The number of anilines is 1. The summed E-state index contributed by atoms with van der Waals surface area (Å²) in [6.45, 7) is 0.976. The predicted octanol–water partition coefficient (Wildman–Crippen LogP) is 4.92. The molecule has 0 unspecified atom stereocenters. The number of carbonyl (C=O) groups is 1. The third-order valence-corrected chi connectivity index (χ3v) is 5.19. The summed E-state index contributed by atoms with van der Waals surface area (Å²) in [6.07, 6.45) is 3.22. The van der Waals surface area contributed by atoms with Crippen LogP contribution in [0.4, 0.5) is 5.69 Å². The van der Waals surface area contributed by atoms with Crippen LogP contribution in [0.1, 0.15) is 27.9 Å². The molecule has 0 bridgehead atoms. The lowest BCUT2D eigenvalue weighted by atomic mass is 10.0. The van der Waals surface area contributed by atoms with Gasteiger partial charge < -0.3 is 20.2 Å². The molecular formula is C26H29N3O3. The molecule has 0 atom stereocenters. The lowest BCUT2D eigenvalue weighted by Gasteiger charge is -2.13. The molecular weight excluding hydrogens is 402 g/mol. The first-order valence-electron chi connectivity index (χ1n) is 10.5. The average Bonchev–Trinajstić information content (AvgIpc) is 2.80. The van der Waals surface area contributed by atoms with Gasteiger partial charge in [-0.2, -0.15) is 0 Å². The molecule has 0 spiro atoms. The molecule has 3 aromatic rings. The largest absolute Gasteiger partial charge is 0.496 e. The van der Waals surface area contributed by atoms with Crippen molar-refractivity contribution in [1.82, 2.24) is 4.90 Å². The Kier molecular flexibility index (Phi) is 8.00. The van der Waals surface area contributed by atoms with Crippen molar-refractivity contribution >= 4 is 17.8 Å². The van der Waals surface area contributed by atoms with Gasteiger partial charge in [-0.1, -0.05) is 41.6 Å². The van der Waals surface area contributed by atoms with Crippen LogP contribution < -0.4 is 10.1 Å². The average molecular weight is 432 g/mol. The fourth-order valence-corrected chi connectivity index (χ4v) is 3.48. The molecule has 2 N–H and O–H groups in total. The van der Waals surface area contributed by atoms with E-state index >= 15 is 0 Å². The second-order valence-electron chi connectivity index (χ2n) is 7.83. The Hall–Kier alpha value is -3.64. The molecule has 0 aliphatic rings. The van der Waals surface area contributed by atoms with Crippen LogP contribution in [-0.2, 0) is 6.42 Å². The van der Waals surface area contributed by atoms with E-state index in [1.807, 2.05) is 74.8 Å². The molecule has 0 aromatic heterocycles. The zero-order valence-electron chi connectivity index (χ0n) is 18.7. The van der Waals surface area contributed by atoms with Crippen LogP contribution in [0.5, 0.6) is 5.75 Å². The second-order valence-corrected chi connectivity index (χ2v) is 7.83. The molecule has 0 saturated heterocycles. The van der Waals surface area contributed by atoms with E-state index in [0.29, 0.717) is 5.56 Å². The molecule has 0 radical (unpaired) electrons. The topological polar surface area (TPSA) is 74.2 Å². The third kappa shape index (κ3) is 6.18. The Bertz CT molecular complexity index is 1060. The van der Waals surface area contributed by atoms with E-state index in [9.17, 15) is 4.79 Å². The predicted molar refractivity (Wildman–Crippen MR) is 129 cm³/mol. The summed E-state index contributed by atoms with van der Waals surface area (Å²) < 4.78 is 5.47. The van der Waals surface area contributed by atoms with E-state index in [4.69, 9.17) is 9.94 Å². The number of carbonyl (C=O) groups excluding carboxylic acids is 1. The molecule has 1 amide bonds. The number of methoxy groups -OCH3 is 1. The monoisotopic (exact) mass is 431 g/mol. The van der Waals surface area contributed by atoms with Gasteiger partial charge >= 0.3 is 0 Å². The number of nitrogens with zero attached hydrogens (tertiary/aromatic N) is 2. The number of nitrogens with one attached hydrogen (secondary N) is 1. The summed E-state index contributed by atoms with van der Waals surface area (Å²) in [6, 6.07) is 20.9. The molecule has 0 fully saturated rings. The highest BCUT2D eigenvalue weighted by Crippen LogP contribution is 2.24. The molecule has 0 aliphatic carbocycles.